The van der Waals surface area contributed by atoms with Gasteiger partial charge in [0.05, 0.1) is 19.0 Å². The number of ether oxygens (including phenoxy) is 1. The molecular formula is C20H18N4O2. The van der Waals surface area contributed by atoms with Crippen LogP contribution in [0.15, 0.2) is 72.0 Å². The van der Waals surface area contributed by atoms with Gasteiger partial charge < -0.3 is 19.6 Å². The number of anilines is 1. The van der Waals surface area contributed by atoms with Crippen LogP contribution in [0.25, 0.3) is 16.6 Å². The molecule has 0 amide bonds. The minimum atomic E-state index is -0.121. The lowest BCUT2D eigenvalue weighted by molar-refractivity contribution is 0.419. The van der Waals surface area contributed by atoms with Crippen LogP contribution in [0.4, 0.5) is 5.69 Å². The molecule has 0 atom stereocenters. The lowest BCUT2D eigenvalue weighted by atomic mass is 10.1. The fraction of sp³-hybridized carbons (Fsp3) is 0.100. The minimum Gasteiger partial charge on any atom is -0.495 e. The maximum Gasteiger partial charge on any atom is 0.253 e. The molecule has 0 aliphatic heterocycles. The predicted molar refractivity (Wildman–Crippen MR) is 102 cm³/mol. The van der Waals surface area contributed by atoms with Crippen molar-refractivity contribution < 1.29 is 4.74 Å². The molecule has 130 valence electrons. The van der Waals surface area contributed by atoms with Crippen molar-refractivity contribution in [2.75, 3.05) is 12.4 Å². The molecule has 26 heavy (non-hydrogen) atoms. The van der Waals surface area contributed by atoms with Gasteiger partial charge in [0.25, 0.3) is 5.56 Å². The van der Waals surface area contributed by atoms with Crippen LogP contribution < -0.4 is 15.6 Å². The quantitative estimate of drug-likeness (QED) is 0.581. The van der Waals surface area contributed by atoms with Crippen molar-refractivity contribution in [3.63, 3.8) is 0 Å². The fourth-order valence-electron chi connectivity index (χ4n) is 2.91. The van der Waals surface area contributed by atoms with Gasteiger partial charge in [-0.15, -0.1) is 0 Å². The number of pyridine rings is 1. The zero-order valence-electron chi connectivity index (χ0n) is 14.3. The van der Waals surface area contributed by atoms with Gasteiger partial charge in [0.2, 0.25) is 0 Å². The summed E-state index contributed by atoms with van der Waals surface area (Å²) in [6.45, 7) is 0.437. The number of nitrogens with one attached hydrogen (secondary N) is 2. The second kappa shape index (κ2) is 6.76. The summed E-state index contributed by atoms with van der Waals surface area (Å²) < 4.78 is 7.24. The first-order valence-electron chi connectivity index (χ1n) is 8.26. The van der Waals surface area contributed by atoms with E-state index in [1.165, 1.54) is 0 Å². The molecule has 0 aliphatic rings. The van der Waals surface area contributed by atoms with Gasteiger partial charge in [-0.05, 0) is 36.4 Å². The highest BCUT2D eigenvalue weighted by Crippen LogP contribution is 2.22. The maximum absolute atomic E-state index is 12.4. The lowest BCUT2D eigenvalue weighted by Crippen LogP contribution is -2.15. The Balaban J connectivity index is 1.54. The van der Waals surface area contributed by atoms with Crippen molar-refractivity contribution in [1.82, 2.24) is 14.5 Å². The average Bonchev–Trinajstić information content (AvgIpc) is 3.21. The Labute approximate surface area is 150 Å². The highest BCUT2D eigenvalue weighted by atomic mass is 16.5. The standard InChI is InChI=1S/C20H18N4O2/c1-26-18-4-2-3-14-11-15(20(25)23-19(14)18)12-22-16-5-7-17(8-6-16)24-10-9-21-13-24/h2-11,13,22H,12H2,1H3,(H,23,25). The number of methoxy groups -OCH3 is 1. The minimum absolute atomic E-state index is 0.121. The number of H-pyrrole nitrogens is 1. The molecular weight excluding hydrogens is 328 g/mol. The van der Waals surface area contributed by atoms with Gasteiger partial charge in [0, 0.05) is 41.3 Å². The van der Waals surface area contributed by atoms with Crippen LogP contribution in [0.1, 0.15) is 5.56 Å². The lowest BCUT2D eigenvalue weighted by Gasteiger charge is -2.10. The summed E-state index contributed by atoms with van der Waals surface area (Å²) in [4.78, 5) is 19.3. The summed E-state index contributed by atoms with van der Waals surface area (Å²) in [5.74, 6) is 0.661. The molecule has 2 heterocycles. The van der Waals surface area contributed by atoms with Gasteiger partial charge in [-0.1, -0.05) is 12.1 Å². The monoisotopic (exact) mass is 346 g/mol. The maximum atomic E-state index is 12.4. The van der Waals surface area contributed by atoms with Crippen molar-refractivity contribution in [2.24, 2.45) is 0 Å². The highest BCUT2D eigenvalue weighted by Gasteiger charge is 2.07. The van der Waals surface area contributed by atoms with Crippen molar-refractivity contribution in [1.29, 1.82) is 0 Å². The highest BCUT2D eigenvalue weighted by molar-refractivity contribution is 5.84. The second-order valence-corrected chi connectivity index (χ2v) is 5.92. The summed E-state index contributed by atoms with van der Waals surface area (Å²) in [5, 5.41) is 4.23. The molecule has 0 bridgehead atoms. The molecule has 0 saturated carbocycles. The number of benzene rings is 2. The molecule has 0 saturated heterocycles. The number of imidazole rings is 1. The van der Waals surface area contributed by atoms with Crippen molar-refractivity contribution in [3.05, 3.63) is 83.2 Å². The Bertz CT molecular complexity index is 1080. The third kappa shape index (κ3) is 3.04. The van der Waals surface area contributed by atoms with Crippen molar-refractivity contribution in [3.8, 4) is 11.4 Å². The summed E-state index contributed by atoms with van der Waals surface area (Å²) in [5.41, 5.74) is 3.24. The molecule has 6 nitrogen and oxygen atoms in total. The predicted octanol–water partition coefficient (Wildman–Crippen LogP) is 3.33. The van der Waals surface area contributed by atoms with E-state index in [1.54, 1.807) is 19.6 Å². The molecule has 0 radical (unpaired) electrons. The van der Waals surface area contributed by atoms with Gasteiger partial charge >= 0.3 is 0 Å². The van der Waals surface area contributed by atoms with Gasteiger partial charge in [-0.25, -0.2) is 4.98 Å². The molecule has 4 rings (SSSR count). The van der Waals surface area contributed by atoms with Gasteiger partial charge in [0.1, 0.15) is 5.75 Å². The summed E-state index contributed by atoms with van der Waals surface area (Å²) in [7, 11) is 1.59. The molecule has 4 aromatic rings. The first-order chi connectivity index (χ1) is 12.7. The number of fused-ring (bicyclic) bond motifs is 1. The molecule has 0 fully saturated rings. The van der Waals surface area contributed by atoms with E-state index in [2.05, 4.69) is 15.3 Å². The van der Waals surface area contributed by atoms with E-state index < -0.39 is 0 Å². The zero-order chi connectivity index (χ0) is 17.9. The molecule has 0 aliphatic carbocycles. The average molecular weight is 346 g/mol. The normalized spacial score (nSPS) is 10.8. The Hall–Kier alpha value is -3.54. The van der Waals surface area contributed by atoms with Crippen LogP contribution in [-0.4, -0.2) is 21.6 Å². The summed E-state index contributed by atoms with van der Waals surface area (Å²) in [6.07, 6.45) is 5.39. The zero-order valence-corrected chi connectivity index (χ0v) is 14.3. The van der Waals surface area contributed by atoms with Gasteiger partial charge in [-0.2, -0.15) is 0 Å². The Kier molecular flexibility index (Phi) is 4.15. The van der Waals surface area contributed by atoms with E-state index in [1.807, 2.05) is 59.3 Å². The van der Waals surface area contributed by atoms with Gasteiger partial charge in [0.15, 0.2) is 0 Å². The van der Waals surface area contributed by atoms with E-state index in [4.69, 9.17) is 4.74 Å². The molecule has 0 spiro atoms. The number of aromatic nitrogens is 3. The van der Waals surface area contributed by atoms with E-state index >= 15 is 0 Å². The van der Waals surface area contributed by atoms with Gasteiger partial charge in [-0.3, -0.25) is 4.79 Å². The number of para-hydroxylation sites is 1. The second-order valence-electron chi connectivity index (χ2n) is 5.92. The Morgan fingerprint density at radius 2 is 2.04 bits per heavy atom. The number of rotatable bonds is 5. The summed E-state index contributed by atoms with van der Waals surface area (Å²) in [6, 6.07) is 15.5. The van der Waals surface area contributed by atoms with Crippen LogP contribution in [0, 0.1) is 0 Å². The fourth-order valence-corrected chi connectivity index (χ4v) is 2.91. The Morgan fingerprint density at radius 3 is 2.77 bits per heavy atom. The molecule has 6 heteroatoms. The third-order valence-corrected chi connectivity index (χ3v) is 4.29. The SMILES string of the molecule is COc1cccc2cc(CNc3ccc(-n4ccnc4)cc3)c(=O)[nH]c12. The van der Waals surface area contributed by atoms with Crippen LogP contribution in [-0.2, 0) is 6.54 Å². The van der Waals surface area contributed by atoms with Crippen molar-refractivity contribution >= 4 is 16.6 Å². The molecule has 2 aromatic carbocycles. The number of hydrogen-bond donors (Lipinski definition) is 2. The molecule has 2 N–H and O–H groups in total. The third-order valence-electron chi connectivity index (χ3n) is 4.29. The smallest absolute Gasteiger partial charge is 0.253 e. The van der Waals surface area contributed by atoms with E-state index in [9.17, 15) is 4.79 Å². The van der Waals surface area contributed by atoms with Crippen LogP contribution in [0.2, 0.25) is 0 Å². The number of aromatic amines is 1. The Morgan fingerprint density at radius 1 is 1.19 bits per heavy atom. The first-order valence-corrected chi connectivity index (χ1v) is 8.26. The van der Waals surface area contributed by atoms with E-state index in [0.717, 1.165) is 16.8 Å². The van der Waals surface area contributed by atoms with E-state index in [-0.39, 0.29) is 5.56 Å². The van der Waals surface area contributed by atoms with Crippen LogP contribution >= 0.6 is 0 Å². The molecule has 0 unspecified atom stereocenters. The molecule has 2 aromatic heterocycles. The van der Waals surface area contributed by atoms with E-state index in [0.29, 0.717) is 23.4 Å². The largest absolute Gasteiger partial charge is 0.495 e. The number of nitrogens with zero attached hydrogens (tertiary/aromatic N) is 2. The number of hydrogen-bond acceptors (Lipinski definition) is 4. The summed E-state index contributed by atoms with van der Waals surface area (Å²) >= 11 is 0. The van der Waals surface area contributed by atoms with Crippen LogP contribution in [0.5, 0.6) is 5.75 Å². The van der Waals surface area contributed by atoms with Crippen molar-refractivity contribution in [2.45, 2.75) is 6.54 Å². The first kappa shape index (κ1) is 16.0. The van der Waals surface area contributed by atoms with Crippen LogP contribution in [0.3, 0.4) is 0 Å². The topological polar surface area (TPSA) is 71.9 Å².